The lowest BCUT2D eigenvalue weighted by molar-refractivity contribution is 0.348. The van der Waals surface area contributed by atoms with Gasteiger partial charge in [-0.2, -0.15) is 0 Å². The van der Waals surface area contributed by atoms with Crippen molar-refractivity contribution in [3.05, 3.63) is 203 Å². The summed E-state index contributed by atoms with van der Waals surface area (Å²) in [7, 11) is 0. The van der Waals surface area contributed by atoms with Gasteiger partial charge < -0.3 is 0 Å². The van der Waals surface area contributed by atoms with Crippen LogP contribution in [0.2, 0.25) is 0 Å². The Labute approximate surface area is 369 Å². The molecule has 0 bridgehead atoms. The van der Waals surface area contributed by atoms with Crippen molar-refractivity contribution in [2.45, 2.75) is 105 Å². The number of hydrogen-bond donors (Lipinski definition) is 0. The molecule has 0 N–H and O–H groups in total. The largest absolute Gasteiger partial charge is 0.206 e. The zero-order chi connectivity index (χ0) is 42.7. The molecule has 2 fully saturated rings. The summed E-state index contributed by atoms with van der Waals surface area (Å²) in [5.41, 5.74) is 16.9. The van der Waals surface area contributed by atoms with E-state index in [4.69, 9.17) is 0 Å². The second kappa shape index (κ2) is 20.8. The van der Waals surface area contributed by atoms with Crippen molar-refractivity contribution in [2.75, 3.05) is 0 Å². The van der Waals surface area contributed by atoms with Crippen molar-refractivity contribution < 1.29 is 7.24 Å². The molecule has 0 unspecified atom stereocenters. The predicted octanol–water partition coefficient (Wildman–Crippen LogP) is 18.2. The monoisotopic (exact) mass is 809 g/mol. The Kier molecular flexibility index (Phi) is 14.9. The van der Waals surface area contributed by atoms with Crippen LogP contribution in [0.25, 0.3) is 44.5 Å². The molecule has 0 nitrogen and oxygen atoms in total. The molecule has 0 atom stereocenters. The first-order valence-electron chi connectivity index (χ1n) is 22.9. The predicted molar refractivity (Wildman–Crippen MR) is 265 cm³/mol. The normalized spacial score (nSPS) is 18.5. The molecule has 0 heterocycles. The molecule has 7 aromatic rings. The van der Waals surface area contributed by atoms with Crippen LogP contribution in [0.3, 0.4) is 0 Å². The molecule has 9 rings (SSSR count). The van der Waals surface area contributed by atoms with Gasteiger partial charge in [-0.1, -0.05) is 220 Å². The van der Waals surface area contributed by atoms with Crippen LogP contribution < -0.4 is 0 Å². The topological polar surface area (TPSA) is 0 Å². The van der Waals surface area contributed by atoms with Gasteiger partial charge in [-0.25, -0.2) is 4.39 Å². The summed E-state index contributed by atoms with van der Waals surface area (Å²) in [5.74, 6) is 3.12. The molecule has 316 valence electrons. The van der Waals surface area contributed by atoms with Gasteiger partial charge in [0, 0.05) is 8.42 Å². The van der Waals surface area contributed by atoms with Gasteiger partial charge in [-0.05, 0) is 133 Å². The van der Waals surface area contributed by atoms with Gasteiger partial charge in [0.1, 0.15) is 5.82 Å². The SMILES string of the molecule is Cc1ccc(-c2ccc(-c3ccc(C4CCC(C)CC4)cc3)cc2F)cc1.Cc1ccc(-c2ccc(C)cc2)cc1.Cc1ccc(-c2ccc(C3CCC(C)CC3)cc2)cc1.[HH].[HH]. The first-order chi connectivity index (χ1) is 29.6. The molecule has 0 radical (unpaired) electrons. The zero-order valence-corrected chi connectivity index (χ0v) is 37.4. The van der Waals surface area contributed by atoms with Crippen molar-refractivity contribution in [3.63, 3.8) is 0 Å². The van der Waals surface area contributed by atoms with Crippen molar-refractivity contribution >= 4 is 0 Å². The average Bonchev–Trinajstić information content (AvgIpc) is 3.29. The van der Waals surface area contributed by atoms with Gasteiger partial charge in [0.15, 0.2) is 0 Å². The Morgan fingerprint density at radius 2 is 0.590 bits per heavy atom. The van der Waals surface area contributed by atoms with E-state index >= 15 is 0 Å². The maximum absolute atomic E-state index is 14.7. The number of hydrogen-bond acceptors (Lipinski definition) is 0. The third-order valence-corrected chi connectivity index (χ3v) is 13.3. The van der Waals surface area contributed by atoms with E-state index in [-0.39, 0.29) is 8.67 Å². The van der Waals surface area contributed by atoms with Gasteiger partial charge in [0.2, 0.25) is 0 Å². The third kappa shape index (κ3) is 12.1. The molecule has 0 spiro atoms. The highest BCUT2D eigenvalue weighted by atomic mass is 19.1. The fraction of sp³-hybridized carbons (Fsp3) is 0.300. The molecule has 1 heteroatoms. The van der Waals surface area contributed by atoms with E-state index in [2.05, 4.69) is 156 Å². The van der Waals surface area contributed by atoms with Crippen LogP contribution in [0.15, 0.2) is 164 Å². The molecule has 0 aliphatic heterocycles. The summed E-state index contributed by atoms with van der Waals surface area (Å²) < 4.78 is 14.7. The highest BCUT2D eigenvalue weighted by molar-refractivity contribution is 5.71. The highest BCUT2D eigenvalue weighted by Gasteiger charge is 2.21. The van der Waals surface area contributed by atoms with E-state index in [0.29, 0.717) is 11.5 Å². The van der Waals surface area contributed by atoms with Crippen molar-refractivity contribution in [1.29, 1.82) is 0 Å². The molecular weight excluding hydrogens is 740 g/mol. The first kappa shape index (κ1) is 43.6. The fourth-order valence-corrected chi connectivity index (χ4v) is 8.98. The summed E-state index contributed by atoms with van der Waals surface area (Å²) in [6.45, 7) is 13.1. The van der Waals surface area contributed by atoms with Gasteiger partial charge in [-0.15, -0.1) is 0 Å². The van der Waals surface area contributed by atoms with Crippen LogP contribution >= 0.6 is 0 Å². The minimum absolute atomic E-state index is 0. The molecule has 2 aliphatic rings. The lowest BCUT2D eigenvalue weighted by Gasteiger charge is -2.26. The Bertz CT molecular complexity index is 2350. The smallest absolute Gasteiger partial charge is 0.131 e. The molecular formula is C60H69F. The third-order valence-electron chi connectivity index (χ3n) is 13.3. The van der Waals surface area contributed by atoms with Crippen LogP contribution in [0, 0.1) is 45.3 Å². The first-order valence-corrected chi connectivity index (χ1v) is 22.9. The van der Waals surface area contributed by atoms with E-state index in [0.717, 1.165) is 34.4 Å². The molecule has 0 amide bonds. The maximum Gasteiger partial charge on any atom is 0.131 e. The van der Waals surface area contributed by atoms with Crippen molar-refractivity contribution in [2.24, 2.45) is 11.8 Å². The van der Waals surface area contributed by atoms with E-state index in [1.54, 1.807) is 6.07 Å². The van der Waals surface area contributed by atoms with Crippen molar-refractivity contribution in [1.82, 2.24) is 0 Å². The summed E-state index contributed by atoms with van der Waals surface area (Å²) in [5, 5.41) is 0. The second-order valence-corrected chi connectivity index (χ2v) is 18.3. The number of benzene rings is 7. The minimum atomic E-state index is -0.165. The van der Waals surface area contributed by atoms with Gasteiger partial charge >= 0.3 is 0 Å². The lowest BCUT2D eigenvalue weighted by atomic mass is 9.79. The Morgan fingerprint density at radius 3 is 0.902 bits per heavy atom. The van der Waals surface area contributed by atoms with Crippen LogP contribution in [-0.2, 0) is 0 Å². The fourth-order valence-electron chi connectivity index (χ4n) is 8.98. The van der Waals surface area contributed by atoms with E-state index in [1.165, 1.54) is 107 Å². The standard InChI is InChI=1S/C26H27F.C20H24.C14H14.2H2/c1-18-3-7-20(8-4-18)21-11-13-22(14-12-21)24-15-16-25(26(27)17-24)23-9-5-19(2)6-10-23;1-15-3-7-17(8-4-15)19-11-13-20(14-12-19)18-9-5-16(2)6-10-18;1-11-3-7-13(8-4-11)14-9-5-12(2)6-10-14;;/h5-6,9-18,20H,3-4,7-8H2,1-2H3;3-4,7-8,11-14,16,18H,5-6,9-10H2,1-2H3;3-10H,1-2H3;2*1H. The van der Waals surface area contributed by atoms with Gasteiger partial charge in [-0.3, -0.25) is 0 Å². The van der Waals surface area contributed by atoms with Crippen molar-refractivity contribution in [3.8, 4) is 44.5 Å². The van der Waals surface area contributed by atoms with Gasteiger partial charge in [0.25, 0.3) is 0 Å². The average molecular weight is 809 g/mol. The minimum Gasteiger partial charge on any atom is -0.206 e. The summed E-state index contributed by atoms with van der Waals surface area (Å²) in [6, 6.07) is 57.7. The molecule has 61 heavy (non-hydrogen) atoms. The summed E-state index contributed by atoms with van der Waals surface area (Å²) >= 11 is 0. The zero-order valence-electron chi connectivity index (χ0n) is 37.4. The number of aryl methyl sites for hydroxylation is 4. The van der Waals surface area contributed by atoms with E-state index in [9.17, 15) is 4.39 Å². The highest BCUT2D eigenvalue weighted by Crippen LogP contribution is 2.38. The number of rotatable bonds is 6. The second-order valence-electron chi connectivity index (χ2n) is 18.3. The molecule has 2 aliphatic carbocycles. The molecule has 0 saturated heterocycles. The van der Waals surface area contributed by atoms with Crippen LogP contribution in [-0.4, -0.2) is 0 Å². The number of halogens is 1. The summed E-state index contributed by atoms with van der Waals surface area (Å²) in [4.78, 5) is 0. The molecule has 2 saturated carbocycles. The maximum atomic E-state index is 14.7. The lowest BCUT2D eigenvalue weighted by Crippen LogP contribution is -2.10. The Hall–Kier alpha value is -5.53. The van der Waals surface area contributed by atoms with Crippen LogP contribution in [0.4, 0.5) is 4.39 Å². The molecule has 0 aromatic heterocycles. The van der Waals surface area contributed by atoms with Crippen LogP contribution in [0.5, 0.6) is 0 Å². The van der Waals surface area contributed by atoms with Crippen LogP contribution in [0.1, 0.15) is 113 Å². The quantitative estimate of drug-likeness (QED) is 0.157. The van der Waals surface area contributed by atoms with E-state index in [1.807, 2.05) is 43.3 Å². The summed E-state index contributed by atoms with van der Waals surface area (Å²) in [6.07, 6.45) is 10.8. The van der Waals surface area contributed by atoms with E-state index < -0.39 is 0 Å². The van der Waals surface area contributed by atoms with Gasteiger partial charge in [0.05, 0.1) is 0 Å². The Balaban J connectivity index is 0.000000184. The Morgan fingerprint density at radius 1 is 0.328 bits per heavy atom. The molecule has 7 aromatic carbocycles.